The molecule has 0 aliphatic heterocycles. The molecule has 1 aromatic carbocycles. The maximum absolute atomic E-state index is 12.3. The van der Waals surface area contributed by atoms with Gasteiger partial charge >= 0.3 is 6.61 Å². The third kappa shape index (κ3) is 3.69. The van der Waals surface area contributed by atoms with Crippen LogP contribution in [0.4, 0.5) is 14.6 Å². The van der Waals surface area contributed by atoms with Crippen molar-refractivity contribution >= 4 is 16.9 Å². The van der Waals surface area contributed by atoms with Crippen molar-refractivity contribution in [3.63, 3.8) is 0 Å². The molecule has 3 aromatic rings. The van der Waals surface area contributed by atoms with E-state index in [0.717, 1.165) is 16.7 Å². The second-order valence-electron chi connectivity index (χ2n) is 5.53. The Hall–Kier alpha value is -2.74. The van der Waals surface area contributed by atoms with Crippen LogP contribution in [0.25, 0.3) is 11.1 Å². The predicted molar refractivity (Wildman–Crippen MR) is 87.8 cm³/mol. The van der Waals surface area contributed by atoms with Gasteiger partial charge in [-0.1, -0.05) is 12.1 Å². The van der Waals surface area contributed by atoms with E-state index < -0.39 is 12.7 Å². The quantitative estimate of drug-likeness (QED) is 0.708. The highest BCUT2D eigenvalue weighted by Gasteiger charge is 2.15. The molecule has 0 saturated carbocycles. The average molecular weight is 349 g/mol. The van der Waals surface area contributed by atoms with Crippen LogP contribution < -0.4 is 10.1 Å². The monoisotopic (exact) mass is 349 g/mol. The predicted octanol–water partition coefficient (Wildman–Crippen LogP) is 3.59. The molecule has 0 spiro atoms. The lowest BCUT2D eigenvalue weighted by Gasteiger charge is -2.14. The van der Waals surface area contributed by atoms with Gasteiger partial charge in [-0.3, -0.25) is 0 Å². The number of nitrogens with zero attached hydrogens (tertiary/aromatic N) is 2. The van der Waals surface area contributed by atoms with Gasteiger partial charge in [0.15, 0.2) is 0 Å². The topological polar surface area (TPSA) is 80.4 Å². The van der Waals surface area contributed by atoms with Crippen LogP contribution in [0.2, 0.25) is 0 Å². The Bertz CT molecular complexity index is 883. The number of benzene rings is 1. The number of halogens is 2. The maximum Gasteiger partial charge on any atom is 0.387 e. The number of ether oxygens (including phenoxy) is 1. The minimum absolute atomic E-state index is 0.00252. The molecule has 0 radical (unpaired) electrons. The Labute approximate surface area is 142 Å². The Kier molecular flexibility index (Phi) is 4.80. The Morgan fingerprint density at radius 2 is 2.08 bits per heavy atom. The number of fused-ring (bicyclic) bond motifs is 1. The maximum atomic E-state index is 12.3. The first kappa shape index (κ1) is 17.1. The summed E-state index contributed by atoms with van der Waals surface area (Å²) in [6, 6.07) is 5.96. The molecular formula is C17H17F2N3O3. The lowest BCUT2D eigenvalue weighted by molar-refractivity contribution is -0.0499. The van der Waals surface area contributed by atoms with E-state index in [4.69, 9.17) is 4.42 Å². The molecule has 3 rings (SSSR count). The number of nitrogens with one attached hydrogen (secondary N) is 1. The molecule has 0 aliphatic carbocycles. The van der Waals surface area contributed by atoms with Gasteiger partial charge in [0.2, 0.25) is 5.71 Å². The van der Waals surface area contributed by atoms with Crippen LogP contribution in [-0.2, 0) is 0 Å². The molecule has 2 aromatic heterocycles. The molecule has 8 heteroatoms. The molecule has 0 aliphatic rings. The number of rotatable bonds is 6. The highest BCUT2D eigenvalue weighted by Crippen LogP contribution is 2.28. The van der Waals surface area contributed by atoms with Crippen LogP contribution in [0.3, 0.4) is 0 Å². The fourth-order valence-corrected chi connectivity index (χ4v) is 2.53. The first-order valence-electron chi connectivity index (χ1n) is 7.63. The van der Waals surface area contributed by atoms with Crippen LogP contribution in [0.15, 0.2) is 35.0 Å². The lowest BCUT2D eigenvalue weighted by atomic mass is 10.1. The van der Waals surface area contributed by atoms with Gasteiger partial charge in [0.1, 0.15) is 23.7 Å². The largest absolute Gasteiger partial charge is 0.443 e. The summed E-state index contributed by atoms with van der Waals surface area (Å²) in [6.07, 6.45) is 0.441. The van der Waals surface area contributed by atoms with Crippen LogP contribution in [0, 0.1) is 13.8 Å². The number of aliphatic hydroxyl groups excluding tert-OH is 1. The van der Waals surface area contributed by atoms with Crippen molar-refractivity contribution in [2.24, 2.45) is 0 Å². The molecule has 0 bridgehead atoms. The number of hydrogen-bond acceptors (Lipinski definition) is 6. The van der Waals surface area contributed by atoms with Crippen LogP contribution in [0.1, 0.15) is 23.0 Å². The van der Waals surface area contributed by atoms with E-state index in [1.807, 2.05) is 13.8 Å². The first-order chi connectivity index (χ1) is 12.0. The summed E-state index contributed by atoms with van der Waals surface area (Å²) in [7, 11) is 0. The van der Waals surface area contributed by atoms with Gasteiger partial charge in [0, 0.05) is 12.1 Å². The van der Waals surface area contributed by atoms with Gasteiger partial charge in [-0.05, 0) is 31.5 Å². The number of aromatic nitrogens is 2. The Balaban J connectivity index is 1.76. The van der Waals surface area contributed by atoms with Crippen molar-refractivity contribution < 1.29 is 23.0 Å². The van der Waals surface area contributed by atoms with E-state index >= 15 is 0 Å². The zero-order valence-corrected chi connectivity index (χ0v) is 13.7. The number of aliphatic hydroxyl groups is 1. The average Bonchev–Trinajstić information content (AvgIpc) is 2.87. The normalized spacial score (nSPS) is 12.6. The summed E-state index contributed by atoms with van der Waals surface area (Å²) in [5.41, 5.74) is 1.84. The zero-order chi connectivity index (χ0) is 18.0. The molecule has 132 valence electrons. The SMILES string of the molecule is Cc1oc2ncnc(NCC(O)c3cccc(OC(F)F)c3)c2c1C. The fourth-order valence-electron chi connectivity index (χ4n) is 2.53. The highest BCUT2D eigenvalue weighted by atomic mass is 19.3. The third-order valence-corrected chi connectivity index (χ3v) is 3.90. The molecule has 0 amide bonds. The fraction of sp³-hybridized carbons (Fsp3) is 0.294. The number of furan rings is 1. The molecule has 0 fully saturated rings. The smallest absolute Gasteiger partial charge is 0.387 e. The van der Waals surface area contributed by atoms with E-state index in [1.54, 1.807) is 12.1 Å². The summed E-state index contributed by atoms with van der Waals surface area (Å²) < 4.78 is 34.5. The van der Waals surface area contributed by atoms with Crippen molar-refractivity contribution in [2.45, 2.75) is 26.6 Å². The van der Waals surface area contributed by atoms with Gasteiger partial charge in [0.25, 0.3) is 0 Å². The van der Waals surface area contributed by atoms with Crippen LogP contribution in [-0.4, -0.2) is 28.2 Å². The molecular weight excluding hydrogens is 332 g/mol. The van der Waals surface area contributed by atoms with Crippen molar-refractivity contribution in [2.75, 3.05) is 11.9 Å². The molecule has 0 saturated heterocycles. The molecule has 1 atom stereocenters. The van der Waals surface area contributed by atoms with Gasteiger partial charge < -0.3 is 19.6 Å². The van der Waals surface area contributed by atoms with Gasteiger partial charge in [-0.15, -0.1) is 0 Å². The highest BCUT2D eigenvalue weighted by molar-refractivity contribution is 5.89. The van der Waals surface area contributed by atoms with E-state index in [-0.39, 0.29) is 12.3 Å². The zero-order valence-electron chi connectivity index (χ0n) is 13.7. The van der Waals surface area contributed by atoms with Gasteiger partial charge in [0.05, 0.1) is 11.5 Å². The Morgan fingerprint density at radius 1 is 1.28 bits per heavy atom. The second-order valence-corrected chi connectivity index (χ2v) is 5.53. The van der Waals surface area contributed by atoms with Gasteiger partial charge in [-0.2, -0.15) is 8.78 Å². The third-order valence-electron chi connectivity index (χ3n) is 3.90. The van der Waals surface area contributed by atoms with Crippen molar-refractivity contribution in [1.82, 2.24) is 9.97 Å². The van der Waals surface area contributed by atoms with Gasteiger partial charge in [-0.25, -0.2) is 9.97 Å². The van der Waals surface area contributed by atoms with Crippen molar-refractivity contribution in [3.8, 4) is 5.75 Å². The number of anilines is 1. The minimum atomic E-state index is -2.91. The van der Waals surface area contributed by atoms with E-state index in [1.165, 1.54) is 18.5 Å². The number of aryl methyl sites for hydroxylation is 2. The summed E-state index contributed by atoms with van der Waals surface area (Å²) >= 11 is 0. The lowest BCUT2D eigenvalue weighted by Crippen LogP contribution is -2.13. The second kappa shape index (κ2) is 7.02. The molecule has 1 unspecified atom stereocenters. The van der Waals surface area contributed by atoms with E-state index in [0.29, 0.717) is 17.1 Å². The summed E-state index contributed by atoms with van der Waals surface area (Å²) in [6.45, 7) is 0.960. The van der Waals surface area contributed by atoms with Crippen molar-refractivity contribution in [3.05, 3.63) is 47.5 Å². The van der Waals surface area contributed by atoms with E-state index in [9.17, 15) is 13.9 Å². The standard InChI is InChI=1S/C17H17F2N3O3/c1-9-10(2)24-16-14(9)15(21-8-22-16)20-7-13(23)11-4-3-5-12(6-11)25-17(18)19/h3-6,8,13,17,23H,7H2,1-2H3,(H,20,21,22). The summed E-state index contributed by atoms with van der Waals surface area (Å²) in [5, 5.41) is 14.1. The first-order valence-corrected chi connectivity index (χ1v) is 7.63. The summed E-state index contributed by atoms with van der Waals surface area (Å²) in [4.78, 5) is 8.27. The van der Waals surface area contributed by atoms with Crippen LogP contribution >= 0.6 is 0 Å². The van der Waals surface area contributed by atoms with Crippen molar-refractivity contribution in [1.29, 1.82) is 0 Å². The summed E-state index contributed by atoms with van der Waals surface area (Å²) in [5.74, 6) is 1.28. The number of hydrogen-bond donors (Lipinski definition) is 2. The molecule has 2 heterocycles. The minimum Gasteiger partial charge on any atom is -0.443 e. The number of alkyl halides is 2. The van der Waals surface area contributed by atoms with E-state index in [2.05, 4.69) is 20.0 Å². The molecule has 6 nitrogen and oxygen atoms in total. The molecule has 25 heavy (non-hydrogen) atoms. The Morgan fingerprint density at radius 3 is 2.84 bits per heavy atom. The molecule has 2 N–H and O–H groups in total. The van der Waals surface area contributed by atoms with Crippen LogP contribution in [0.5, 0.6) is 5.75 Å².